The maximum atomic E-state index is 5.32. The van der Waals surface area contributed by atoms with Crippen LogP contribution in [0.3, 0.4) is 0 Å². The van der Waals surface area contributed by atoms with Crippen LogP contribution < -0.4 is 5.32 Å². The zero-order valence-electron chi connectivity index (χ0n) is 11.6. The van der Waals surface area contributed by atoms with Gasteiger partial charge in [-0.05, 0) is 43.5 Å². The number of nitrogens with zero attached hydrogens (tertiary/aromatic N) is 3. The Kier molecular flexibility index (Phi) is 4.38. The molecule has 1 N–H and O–H groups in total. The van der Waals surface area contributed by atoms with Crippen molar-refractivity contribution < 1.29 is 4.52 Å². The predicted octanol–water partition coefficient (Wildman–Crippen LogP) is 2.13. The zero-order valence-corrected chi connectivity index (χ0v) is 11.6. The molecule has 20 heavy (non-hydrogen) atoms. The van der Waals surface area contributed by atoms with E-state index in [1.54, 1.807) is 12.4 Å². The molecule has 0 saturated carbocycles. The summed E-state index contributed by atoms with van der Waals surface area (Å²) in [6.45, 7) is 1.14. The number of piperidine rings is 1. The molecule has 3 heterocycles. The van der Waals surface area contributed by atoms with Crippen LogP contribution in [0.2, 0.25) is 0 Å². The lowest BCUT2D eigenvalue weighted by Gasteiger charge is -2.22. The molecule has 106 valence electrons. The van der Waals surface area contributed by atoms with E-state index in [9.17, 15) is 0 Å². The average molecular weight is 272 g/mol. The van der Waals surface area contributed by atoms with E-state index in [1.165, 1.54) is 19.3 Å². The Bertz CT molecular complexity index is 520. The minimum absolute atomic E-state index is 0.610. The molecule has 1 fully saturated rings. The van der Waals surface area contributed by atoms with Crippen LogP contribution in [-0.2, 0) is 12.8 Å². The van der Waals surface area contributed by atoms with Crippen LogP contribution in [-0.4, -0.2) is 27.7 Å². The normalized spacial score (nSPS) is 19.1. The second-order valence-corrected chi connectivity index (χ2v) is 5.32. The van der Waals surface area contributed by atoms with Gasteiger partial charge >= 0.3 is 0 Å². The summed E-state index contributed by atoms with van der Waals surface area (Å²) in [4.78, 5) is 8.47. The van der Waals surface area contributed by atoms with Crippen LogP contribution in [0.1, 0.15) is 43.0 Å². The van der Waals surface area contributed by atoms with E-state index in [2.05, 4.69) is 20.4 Å². The minimum Gasteiger partial charge on any atom is -0.339 e. The number of hydrogen-bond acceptors (Lipinski definition) is 5. The Morgan fingerprint density at radius 1 is 1.25 bits per heavy atom. The Hall–Kier alpha value is -1.75. The summed E-state index contributed by atoms with van der Waals surface area (Å²) in [6.07, 6.45) is 10.1. The van der Waals surface area contributed by atoms with E-state index in [0.29, 0.717) is 12.5 Å². The average Bonchev–Trinajstić information content (AvgIpc) is 2.95. The first-order valence-electron chi connectivity index (χ1n) is 7.34. The number of rotatable bonds is 5. The minimum atomic E-state index is 0.610. The maximum absolute atomic E-state index is 5.32. The maximum Gasteiger partial charge on any atom is 0.226 e. The highest BCUT2D eigenvalue weighted by molar-refractivity contribution is 5.14. The van der Waals surface area contributed by atoms with Crippen LogP contribution in [0.15, 0.2) is 29.0 Å². The summed E-state index contributed by atoms with van der Waals surface area (Å²) in [7, 11) is 0. The third kappa shape index (κ3) is 3.63. The van der Waals surface area contributed by atoms with Gasteiger partial charge in [0.1, 0.15) is 0 Å². The van der Waals surface area contributed by atoms with Gasteiger partial charge in [-0.2, -0.15) is 4.98 Å². The molecule has 0 radical (unpaired) electrons. The topological polar surface area (TPSA) is 63.8 Å². The van der Waals surface area contributed by atoms with Crippen LogP contribution >= 0.6 is 0 Å². The molecule has 1 atom stereocenters. The van der Waals surface area contributed by atoms with Crippen LogP contribution in [0.5, 0.6) is 0 Å². The summed E-state index contributed by atoms with van der Waals surface area (Å²) in [5, 5.41) is 7.59. The lowest BCUT2D eigenvalue weighted by Crippen LogP contribution is -2.34. The fraction of sp³-hybridized carbons (Fsp3) is 0.533. The van der Waals surface area contributed by atoms with Crippen molar-refractivity contribution >= 4 is 0 Å². The standard InChI is InChI=1S/C15H20N4O/c1-2-8-17-13(3-1)4-5-15-18-14(19-20-15)11-12-6-9-16-10-7-12/h6-7,9-10,13,17H,1-5,8,11H2. The molecule has 1 saturated heterocycles. The lowest BCUT2D eigenvalue weighted by molar-refractivity contribution is 0.341. The highest BCUT2D eigenvalue weighted by Crippen LogP contribution is 2.13. The van der Waals surface area contributed by atoms with E-state index >= 15 is 0 Å². The van der Waals surface area contributed by atoms with Crippen LogP contribution in [0.25, 0.3) is 0 Å². The largest absolute Gasteiger partial charge is 0.339 e. The summed E-state index contributed by atoms with van der Waals surface area (Å²) in [5.41, 5.74) is 1.15. The summed E-state index contributed by atoms with van der Waals surface area (Å²) in [5.74, 6) is 1.50. The van der Waals surface area contributed by atoms with E-state index in [1.807, 2.05) is 12.1 Å². The molecule has 1 aliphatic rings. The number of aryl methyl sites for hydroxylation is 1. The fourth-order valence-electron chi connectivity index (χ4n) is 2.61. The fourth-order valence-corrected chi connectivity index (χ4v) is 2.61. The summed E-state index contributed by atoms with van der Waals surface area (Å²) >= 11 is 0. The Balaban J connectivity index is 1.51. The van der Waals surface area contributed by atoms with Crippen molar-refractivity contribution in [3.63, 3.8) is 0 Å². The molecule has 0 bridgehead atoms. The van der Waals surface area contributed by atoms with Gasteiger partial charge in [0, 0.05) is 31.3 Å². The Labute approximate surface area is 118 Å². The van der Waals surface area contributed by atoms with Crippen molar-refractivity contribution in [3.8, 4) is 0 Å². The van der Waals surface area contributed by atoms with Crippen molar-refractivity contribution in [1.29, 1.82) is 0 Å². The Morgan fingerprint density at radius 2 is 2.15 bits per heavy atom. The SMILES string of the molecule is c1cc(Cc2noc(CCC3CCCCN3)n2)ccn1. The third-order valence-electron chi connectivity index (χ3n) is 3.74. The van der Waals surface area contributed by atoms with Gasteiger partial charge in [-0.15, -0.1) is 0 Å². The van der Waals surface area contributed by atoms with Gasteiger partial charge in [-0.3, -0.25) is 4.98 Å². The molecule has 0 aliphatic carbocycles. The van der Waals surface area contributed by atoms with Crippen molar-refractivity contribution in [2.45, 2.75) is 44.6 Å². The molecule has 2 aromatic rings. The number of nitrogens with one attached hydrogen (secondary N) is 1. The molecule has 1 unspecified atom stereocenters. The highest BCUT2D eigenvalue weighted by atomic mass is 16.5. The van der Waals surface area contributed by atoms with Crippen molar-refractivity contribution in [2.75, 3.05) is 6.54 Å². The van der Waals surface area contributed by atoms with Gasteiger partial charge < -0.3 is 9.84 Å². The van der Waals surface area contributed by atoms with Gasteiger partial charge in [-0.25, -0.2) is 0 Å². The second kappa shape index (κ2) is 6.61. The lowest BCUT2D eigenvalue weighted by atomic mass is 10.0. The van der Waals surface area contributed by atoms with Gasteiger partial charge in [-0.1, -0.05) is 11.6 Å². The first kappa shape index (κ1) is 13.2. The Morgan fingerprint density at radius 3 is 2.95 bits per heavy atom. The molecule has 5 nitrogen and oxygen atoms in total. The van der Waals surface area contributed by atoms with E-state index < -0.39 is 0 Å². The van der Waals surface area contributed by atoms with Crippen molar-refractivity contribution in [3.05, 3.63) is 41.8 Å². The molecule has 2 aromatic heterocycles. The summed E-state index contributed by atoms with van der Waals surface area (Å²) < 4.78 is 5.32. The molecule has 0 amide bonds. The van der Waals surface area contributed by atoms with E-state index in [4.69, 9.17) is 4.52 Å². The van der Waals surface area contributed by atoms with Crippen LogP contribution in [0.4, 0.5) is 0 Å². The second-order valence-electron chi connectivity index (χ2n) is 5.32. The monoisotopic (exact) mass is 272 g/mol. The van der Waals surface area contributed by atoms with Crippen LogP contribution in [0, 0.1) is 0 Å². The number of pyridine rings is 1. The summed E-state index contributed by atoms with van der Waals surface area (Å²) in [6, 6.07) is 4.56. The predicted molar refractivity (Wildman–Crippen MR) is 75.3 cm³/mol. The van der Waals surface area contributed by atoms with Gasteiger partial charge in [0.15, 0.2) is 5.82 Å². The first-order chi connectivity index (χ1) is 9.90. The van der Waals surface area contributed by atoms with Crippen molar-refractivity contribution in [1.82, 2.24) is 20.4 Å². The van der Waals surface area contributed by atoms with Gasteiger partial charge in [0.2, 0.25) is 5.89 Å². The van der Waals surface area contributed by atoms with Gasteiger partial charge in [0.25, 0.3) is 0 Å². The quantitative estimate of drug-likeness (QED) is 0.903. The van der Waals surface area contributed by atoms with Gasteiger partial charge in [0.05, 0.1) is 0 Å². The molecular formula is C15H20N4O. The molecule has 0 aromatic carbocycles. The van der Waals surface area contributed by atoms with E-state index in [0.717, 1.165) is 36.7 Å². The number of aromatic nitrogens is 3. The highest BCUT2D eigenvalue weighted by Gasteiger charge is 2.14. The molecule has 3 rings (SSSR count). The smallest absolute Gasteiger partial charge is 0.226 e. The number of hydrogen-bond donors (Lipinski definition) is 1. The van der Waals surface area contributed by atoms with E-state index in [-0.39, 0.29) is 0 Å². The molecule has 0 spiro atoms. The third-order valence-corrected chi connectivity index (χ3v) is 3.74. The van der Waals surface area contributed by atoms with Crippen molar-refractivity contribution in [2.24, 2.45) is 0 Å². The molecular weight excluding hydrogens is 252 g/mol. The molecule has 1 aliphatic heterocycles. The zero-order chi connectivity index (χ0) is 13.6. The first-order valence-corrected chi connectivity index (χ1v) is 7.34. The molecule has 5 heteroatoms.